The van der Waals surface area contributed by atoms with Crippen LogP contribution in [0.1, 0.15) is 49.5 Å². The topological polar surface area (TPSA) is 119 Å². The molecule has 4 rings (SSSR count). The predicted molar refractivity (Wildman–Crippen MR) is 119 cm³/mol. The zero-order valence-electron chi connectivity index (χ0n) is 18.7. The average molecular weight is 482 g/mol. The van der Waals surface area contributed by atoms with Gasteiger partial charge in [0, 0.05) is 31.7 Å². The second-order valence-corrected chi connectivity index (χ2v) is 8.67. The molecule has 2 fully saturated rings. The summed E-state index contributed by atoms with van der Waals surface area (Å²) in [6.07, 6.45) is 2.70. The monoisotopic (exact) mass is 482 g/mol. The molecule has 2 heterocycles. The standard InChI is InChI=1S/C22H25F3N4O5/c1-3-33-27-15-6-7-28(10-22(15,2)26)17-14(23)8-12-16(19(17)34-21(24)25)29(11-4-5-11)9-13(18(12)30)20(31)32/h8-9,11,21H,3-7,10,26H2,1-2H3,(H,31,32)/b27-15+. The van der Waals surface area contributed by atoms with Crippen LogP contribution in [0.5, 0.6) is 5.75 Å². The van der Waals surface area contributed by atoms with Crippen molar-refractivity contribution in [3.8, 4) is 5.75 Å². The Kier molecular flexibility index (Phi) is 6.19. The summed E-state index contributed by atoms with van der Waals surface area (Å²) in [5, 5.41) is 13.1. The van der Waals surface area contributed by atoms with Crippen LogP contribution in [0.15, 0.2) is 22.2 Å². The van der Waals surface area contributed by atoms with Crippen LogP contribution in [0.4, 0.5) is 18.9 Å². The summed E-state index contributed by atoms with van der Waals surface area (Å²) in [6, 6.07) is 0.666. The van der Waals surface area contributed by atoms with E-state index in [4.69, 9.17) is 15.3 Å². The summed E-state index contributed by atoms with van der Waals surface area (Å²) in [7, 11) is 0. The van der Waals surface area contributed by atoms with E-state index in [0.29, 0.717) is 25.2 Å². The highest BCUT2D eigenvalue weighted by Crippen LogP contribution is 2.45. The van der Waals surface area contributed by atoms with Gasteiger partial charge in [0.1, 0.15) is 17.9 Å². The maximum absolute atomic E-state index is 15.5. The van der Waals surface area contributed by atoms with E-state index in [1.54, 1.807) is 13.8 Å². The van der Waals surface area contributed by atoms with Crippen molar-refractivity contribution in [2.24, 2.45) is 10.9 Å². The third-order valence-electron chi connectivity index (χ3n) is 5.99. The average Bonchev–Trinajstić information content (AvgIpc) is 3.58. The van der Waals surface area contributed by atoms with Gasteiger partial charge >= 0.3 is 12.6 Å². The number of alkyl halides is 2. The third-order valence-corrected chi connectivity index (χ3v) is 5.99. The number of piperidine rings is 1. The molecule has 34 heavy (non-hydrogen) atoms. The summed E-state index contributed by atoms with van der Waals surface area (Å²) in [6.45, 7) is 0.661. The van der Waals surface area contributed by atoms with Crippen LogP contribution in [0.25, 0.3) is 10.9 Å². The van der Waals surface area contributed by atoms with Crippen molar-refractivity contribution in [3.05, 3.63) is 33.9 Å². The Bertz CT molecular complexity index is 1220. The minimum Gasteiger partial charge on any atom is -0.477 e. The number of hydrogen-bond donors (Lipinski definition) is 2. The van der Waals surface area contributed by atoms with Crippen LogP contribution >= 0.6 is 0 Å². The molecule has 1 unspecified atom stereocenters. The molecule has 3 N–H and O–H groups in total. The number of ether oxygens (including phenoxy) is 1. The lowest BCUT2D eigenvalue weighted by Gasteiger charge is -2.40. The van der Waals surface area contributed by atoms with Gasteiger partial charge in [-0.05, 0) is 32.8 Å². The number of aromatic carboxylic acids is 1. The number of anilines is 1. The van der Waals surface area contributed by atoms with Gasteiger partial charge in [-0.15, -0.1) is 0 Å². The van der Waals surface area contributed by atoms with Gasteiger partial charge in [-0.2, -0.15) is 8.78 Å². The Morgan fingerprint density at radius 1 is 1.41 bits per heavy atom. The summed E-state index contributed by atoms with van der Waals surface area (Å²) < 4.78 is 48.8. The molecule has 184 valence electrons. The zero-order valence-corrected chi connectivity index (χ0v) is 18.7. The molecule has 1 aromatic heterocycles. The van der Waals surface area contributed by atoms with Crippen LogP contribution in [0.3, 0.4) is 0 Å². The first kappa shape index (κ1) is 23.9. The largest absolute Gasteiger partial charge is 0.477 e. The Morgan fingerprint density at radius 2 is 2.12 bits per heavy atom. The highest BCUT2D eigenvalue weighted by Gasteiger charge is 2.38. The fraction of sp³-hybridized carbons (Fsp3) is 0.500. The van der Waals surface area contributed by atoms with E-state index >= 15 is 4.39 Å². The van der Waals surface area contributed by atoms with Gasteiger partial charge in [-0.25, -0.2) is 9.18 Å². The Balaban J connectivity index is 1.94. The molecule has 2 aromatic rings. The molecule has 1 atom stereocenters. The van der Waals surface area contributed by atoms with Crippen LogP contribution in [-0.4, -0.2) is 53.2 Å². The van der Waals surface area contributed by atoms with E-state index in [-0.39, 0.29) is 42.1 Å². The number of hydrogen-bond acceptors (Lipinski definition) is 7. The van der Waals surface area contributed by atoms with Gasteiger partial charge in [0.05, 0.1) is 22.2 Å². The minimum absolute atomic E-state index is 0.0157. The molecule has 0 bridgehead atoms. The lowest BCUT2D eigenvalue weighted by atomic mass is 9.89. The number of benzene rings is 1. The highest BCUT2D eigenvalue weighted by atomic mass is 19.3. The lowest BCUT2D eigenvalue weighted by molar-refractivity contribution is -0.0488. The number of carboxylic acid groups (broad SMARTS) is 1. The first-order valence-electron chi connectivity index (χ1n) is 10.9. The van der Waals surface area contributed by atoms with Crippen molar-refractivity contribution >= 4 is 28.3 Å². The normalized spacial score (nSPS) is 22.0. The summed E-state index contributed by atoms with van der Waals surface area (Å²) in [5.41, 5.74) is 4.00. The van der Waals surface area contributed by atoms with Gasteiger partial charge < -0.3 is 29.9 Å². The van der Waals surface area contributed by atoms with E-state index in [9.17, 15) is 23.5 Å². The molecule has 12 heteroatoms. The number of nitrogens with zero attached hydrogens (tertiary/aromatic N) is 3. The Morgan fingerprint density at radius 3 is 2.68 bits per heavy atom. The van der Waals surface area contributed by atoms with E-state index in [1.165, 1.54) is 9.47 Å². The quantitative estimate of drug-likeness (QED) is 0.582. The maximum atomic E-state index is 15.5. The number of halogens is 3. The van der Waals surface area contributed by atoms with Gasteiger partial charge in [-0.1, -0.05) is 5.16 Å². The summed E-state index contributed by atoms with van der Waals surface area (Å²) in [4.78, 5) is 31.0. The van der Waals surface area contributed by atoms with Gasteiger partial charge in [0.15, 0.2) is 11.6 Å². The molecule has 0 radical (unpaired) electrons. The molecule has 1 aromatic carbocycles. The van der Waals surface area contributed by atoms with Crippen molar-refractivity contribution in [2.75, 3.05) is 24.6 Å². The van der Waals surface area contributed by atoms with Gasteiger partial charge in [0.2, 0.25) is 5.43 Å². The van der Waals surface area contributed by atoms with Crippen LogP contribution < -0.4 is 20.8 Å². The number of oxime groups is 1. The molecule has 1 saturated heterocycles. The molecule has 1 saturated carbocycles. The van der Waals surface area contributed by atoms with Crippen LogP contribution in [0, 0.1) is 5.82 Å². The van der Waals surface area contributed by atoms with E-state index in [1.807, 2.05) is 0 Å². The second kappa shape index (κ2) is 8.82. The fourth-order valence-electron chi connectivity index (χ4n) is 4.31. The minimum atomic E-state index is -3.31. The molecule has 0 spiro atoms. The first-order chi connectivity index (χ1) is 16.0. The Labute approximate surface area is 192 Å². The van der Waals surface area contributed by atoms with Crippen molar-refractivity contribution in [1.82, 2.24) is 4.57 Å². The smallest absolute Gasteiger partial charge is 0.387 e. The number of pyridine rings is 1. The van der Waals surface area contributed by atoms with Crippen LogP contribution in [0.2, 0.25) is 0 Å². The SMILES string of the molecule is CCO/N=C1\CCN(c2c(F)cc3c(=O)c(C(=O)O)cn(C4CC4)c3c2OC(F)F)CC1(C)N. The zero-order chi connectivity index (χ0) is 24.8. The van der Waals surface area contributed by atoms with Crippen molar-refractivity contribution in [1.29, 1.82) is 0 Å². The first-order valence-corrected chi connectivity index (χ1v) is 10.9. The van der Waals surface area contributed by atoms with E-state index < -0.39 is 40.7 Å². The third kappa shape index (κ3) is 4.29. The maximum Gasteiger partial charge on any atom is 0.387 e. The number of fused-ring (bicyclic) bond motifs is 1. The second-order valence-electron chi connectivity index (χ2n) is 8.67. The van der Waals surface area contributed by atoms with Crippen molar-refractivity contribution in [2.45, 2.75) is 51.3 Å². The molecule has 2 aliphatic rings. The Hall–Kier alpha value is -3.28. The molecule has 9 nitrogen and oxygen atoms in total. The summed E-state index contributed by atoms with van der Waals surface area (Å²) >= 11 is 0. The van der Waals surface area contributed by atoms with E-state index in [0.717, 1.165) is 12.3 Å². The molecular formula is C22H25F3N4O5. The van der Waals surface area contributed by atoms with Crippen molar-refractivity contribution in [3.63, 3.8) is 0 Å². The molecule has 1 aliphatic heterocycles. The predicted octanol–water partition coefficient (Wildman–Crippen LogP) is 3.10. The number of aromatic nitrogens is 1. The van der Waals surface area contributed by atoms with Gasteiger partial charge in [0.25, 0.3) is 0 Å². The van der Waals surface area contributed by atoms with Gasteiger partial charge in [-0.3, -0.25) is 4.79 Å². The number of carboxylic acids is 1. The number of nitrogens with two attached hydrogens (primary N) is 1. The van der Waals surface area contributed by atoms with Crippen molar-refractivity contribution < 1.29 is 32.6 Å². The number of rotatable bonds is 7. The lowest BCUT2D eigenvalue weighted by Crippen LogP contribution is -2.59. The number of carbonyl (C=O) groups is 1. The molecular weight excluding hydrogens is 457 g/mol. The van der Waals surface area contributed by atoms with Crippen LogP contribution in [-0.2, 0) is 4.84 Å². The molecule has 0 amide bonds. The van der Waals surface area contributed by atoms with E-state index in [2.05, 4.69) is 5.16 Å². The fourth-order valence-corrected chi connectivity index (χ4v) is 4.31. The highest BCUT2D eigenvalue weighted by molar-refractivity contribution is 5.98. The summed E-state index contributed by atoms with van der Waals surface area (Å²) in [5.74, 6) is -3.00. The molecule has 1 aliphatic carbocycles.